The lowest BCUT2D eigenvalue weighted by atomic mass is 9.86. The van der Waals surface area contributed by atoms with Crippen LogP contribution in [0, 0.1) is 0 Å². The van der Waals surface area contributed by atoms with E-state index in [0.717, 1.165) is 23.7 Å². The maximum Gasteiger partial charge on any atom is 0.251 e. The van der Waals surface area contributed by atoms with Gasteiger partial charge in [0, 0.05) is 16.9 Å². The summed E-state index contributed by atoms with van der Waals surface area (Å²) in [6.45, 7) is 8.61. The van der Waals surface area contributed by atoms with E-state index in [2.05, 4.69) is 48.9 Å². The van der Waals surface area contributed by atoms with E-state index in [-0.39, 0.29) is 17.4 Å². The standard InChI is InChI=1S/C16H24BrNO/c1-5-14(10-11-17)18-15(19)12-6-8-13(9-7-12)16(2,3)4/h6-9,14H,5,10-11H2,1-4H3,(H,18,19). The summed E-state index contributed by atoms with van der Waals surface area (Å²) in [5, 5.41) is 3.98. The molecule has 1 aromatic rings. The third-order valence-electron chi connectivity index (χ3n) is 3.30. The van der Waals surface area contributed by atoms with Crippen molar-refractivity contribution in [2.24, 2.45) is 0 Å². The van der Waals surface area contributed by atoms with Gasteiger partial charge in [0.2, 0.25) is 0 Å². The Morgan fingerprint density at radius 2 is 1.84 bits per heavy atom. The highest BCUT2D eigenvalue weighted by atomic mass is 79.9. The van der Waals surface area contributed by atoms with Gasteiger partial charge in [0.1, 0.15) is 0 Å². The molecular formula is C16H24BrNO. The average Bonchev–Trinajstić information content (AvgIpc) is 2.37. The summed E-state index contributed by atoms with van der Waals surface area (Å²) in [5.41, 5.74) is 2.11. The van der Waals surface area contributed by atoms with E-state index in [0.29, 0.717) is 0 Å². The summed E-state index contributed by atoms with van der Waals surface area (Å²) < 4.78 is 0. The molecule has 106 valence electrons. The van der Waals surface area contributed by atoms with Crippen LogP contribution in [0.25, 0.3) is 0 Å². The van der Waals surface area contributed by atoms with Crippen molar-refractivity contribution >= 4 is 21.8 Å². The molecule has 1 rings (SSSR count). The van der Waals surface area contributed by atoms with Gasteiger partial charge in [-0.15, -0.1) is 0 Å². The van der Waals surface area contributed by atoms with Crippen LogP contribution in [0.5, 0.6) is 0 Å². The van der Waals surface area contributed by atoms with Crippen molar-refractivity contribution in [2.75, 3.05) is 5.33 Å². The zero-order valence-electron chi connectivity index (χ0n) is 12.3. The van der Waals surface area contributed by atoms with Gasteiger partial charge < -0.3 is 5.32 Å². The van der Waals surface area contributed by atoms with E-state index >= 15 is 0 Å². The minimum absolute atomic E-state index is 0.0215. The number of hydrogen-bond acceptors (Lipinski definition) is 1. The first-order valence-corrected chi connectivity index (χ1v) is 7.98. The van der Waals surface area contributed by atoms with Crippen LogP contribution >= 0.6 is 15.9 Å². The third-order valence-corrected chi connectivity index (χ3v) is 3.76. The normalized spacial score (nSPS) is 13.1. The highest BCUT2D eigenvalue weighted by molar-refractivity contribution is 9.09. The number of nitrogens with one attached hydrogen (secondary N) is 1. The quantitative estimate of drug-likeness (QED) is 0.804. The van der Waals surface area contributed by atoms with Crippen molar-refractivity contribution in [3.63, 3.8) is 0 Å². The fourth-order valence-electron chi connectivity index (χ4n) is 1.90. The highest BCUT2D eigenvalue weighted by Crippen LogP contribution is 2.22. The number of alkyl halides is 1. The third kappa shape index (κ3) is 4.98. The lowest BCUT2D eigenvalue weighted by molar-refractivity contribution is 0.0935. The molecule has 0 aromatic heterocycles. The van der Waals surface area contributed by atoms with Crippen LogP contribution in [0.3, 0.4) is 0 Å². The molecule has 1 atom stereocenters. The monoisotopic (exact) mass is 325 g/mol. The fraction of sp³-hybridized carbons (Fsp3) is 0.562. The number of carbonyl (C=O) groups excluding carboxylic acids is 1. The van der Waals surface area contributed by atoms with Crippen LogP contribution in [-0.2, 0) is 5.41 Å². The van der Waals surface area contributed by atoms with E-state index in [1.807, 2.05) is 24.3 Å². The Morgan fingerprint density at radius 3 is 2.26 bits per heavy atom. The smallest absolute Gasteiger partial charge is 0.251 e. The summed E-state index contributed by atoms with van der Waals surface area (Å²) in [6.07, 6.45) is 1.92. The minimum atomic E-state index is 0.0215. The molecule has 0 bridgehead atoms. The Labute approximate surface area is 125 Å². The maximum atomic E-state index is 12.1. The molecule has 0 spiro atoms. The van der Waals surface area contributed by atoms with Gasteiger partial charge in [-0.3, -0.25) is 4.79 Å². The lowest BCUT2D eigenvalue weighted by Crippen LogP contribution is -2.34. The van der Waals surface area contributed by atoms with Crippen molar-refractivity contribution in [2.45, 2.75) is 52.0 Å². The summed E-state index contributed by atoms with van der Waals surface area (Å²) >= 11 is 3.42. The van der Waals surface area contributed by atoms with Gasteiger partial charge in [0.05, 0.1) is 0 Å². The first kappa shape index (κ1) is 16.2. The summed E-state index contributed by atoms with van der Waals surface area (Å²) in [5.74, 6) is 0.0215. The predicted molar refractivity (Wildman–Crippen MR) is 85.1 cm³/mol. The van der Waals surface area contributed by atoms with Crippen LogP contribution < -0.4 is 5.32 Å². The average molecular weight is 326 g/mol. The van der Waals surface area contributed by atoms with Gasteiger partial charge in [-0.1, -0.05) is 55.8 Å². The molecule has 1 N–H and O–H groups in total. The van der Waals surface area contributed by atoms with Gasteiger partial charge in [-0.05, 0) is 36.0 Å². The first-order chi connectivity index (χ1) is 8.88. The number of carbonyl (C=O) groups is 1. The summed E-state index contributed by atoms with van der Waals surface area (Å²) in [6, 6.07) is 8.16. The maximum absolute atomic E-state index is 12.1. The zero-order valence-corrected chi connectivity index (χ0v) is 13.9. The Balaban J connectivity index is 2.73. The van der Waals surface area contributed by atoms with Crippen LogP contribution in [-0.4, -0.2) is 17.3 Å². The van der Waals surface area contributed by atoms with E-state index in [9.17, 15) is 4.79 Å². The topological polar surface area (TPSA) is 29.1 Å². The summed E-state index contributed by atoms with van der Waals surface area (Å²) in [4.78, 5) is 12.1. The molecule has 0 fully saturated rings. The molecule has 1 amide bonds. The number of benzene rings is 1. The Morgan fingerprint density at radius 1 is 1.26 bits per heavy atom. The van der Waals surface area contributed by atoms with Gasteiger partial charge in [-0.25, -0.2) is 0 Å². The van der Waals surface area contributed by atoms with Crippen molar-refractivity contribution in [1.82, 2.24) is 5.32 Å². The molecule has 0 aliphatic rings. The van der Waals surface area contributed by atoms with Gasteiger partial charge >= 0.3 is 0 Å². The Kier molecular flexibility index (Phi) is 6.05. The molecule has 0 radical (unpaired) electrons. The molecule has 3 heteroatoms. The predicted octanol–water partition coefficient (Wildman–Crippen LogP) is 4.28. The number of amides is 1. The van der Waals surface area contributed by atoms with E-state index in [1.165, 1.54) is 5.56 Å². The number of rotatable bonds is 5. The molecule has 2 nitrogen and oxygen atoms in total. The van der Waals surface area contributed by atoms with Gasteiger partial charge in [-0.2, -0.15) is 0 Å². The molecule has 1 aromatic carbocycles. The van der Waals surface area contributed by atoms with Crippen molar-refractivity contribution < 1.29 is 4.79 Å². The van der Waals surface area contributed by atoms with Crippen LogP contribution in [0.15, 0.2) is 24.3 Å². The van der Waals surface area contributed by atoms with E-state index in [1.54, 1.807) is 0 Å². The minimum Gasteiger partial charge on any atom is -0.349 e. The van der Waals surface area contributed by atoms with Gasteiger partial charge in [0.15, 0.2) is 0 Å². The van der Waals surface area contributed by atoms with Crippen LogP contribution in [0.2, 0.25) is 0 Å². The van der Waals surface area contributed by atoms with Crippen molar-refractivity contribution in [3.05, 3.63) is 35.4 Å². The van der Waals surface area contributed by atoms with Crippen LogP contribution in [0.4, 0.5) is 0 Å². The van der Waals surface area contributed by atoms with E-state index < -0.39 is 0 Å². The van der Waals surface area contributed by atoms with Crippen molar-refractivity contribution in [3.8, 4) is 0 Å². The zero-order chi connectivity index (χ0) is 14.5. The second kappa shape index (κ2) is 7.09. The molecule has 0 saturated carbocycles. The highest BCUT2D eigenvalue weighted by Gasteiger charge is 2.15. The Bertz CT molecular complexity index is 406. The molecule has 0 aliphatic carbocycles. The van der Waals surface area contributed by atoms with Crippen LogP contribution in [0.1, 0.15) is 56.5 Å². The second-order valence-corrected chi connectivity index (χ2v) is 6.68. The van der Waals surface area contributed by atoms with Gasteiger partial charge in [0.25, 0.3) is 5.91 Å². The second-order valence-electron chi connectivity index (χ2n) is 5.88. The summed E-state index contributed by atoms with van der Waals surface area (Å²) in [7, 11) is 0. The molecule has 0 aliphatic heterocycles. The Hall–Kier alpha value is -0.830. The first-order valence-electron chi connectivity index (χ1n) is 6.86. The molecule has 0 saturated heterocycles. The number of hydrogen-bond donors (Lipinski definition) is 1. The fourth-order valence-corrected chi connectivity index (χ4v) is 2.45. The molecule has 19 heavy (non-hydrogen) atoms. The molecule has 0 heterocycles. The lowest BCUT2D eigenvalue weighted by Gasteiger charge is -2.20. The largest absolute Gasteiger partial charge is 0.349 e. The molecular weight excluding hydrogens is 302 g/mol. The number of halogens is 1. The SMILES string of the molecule is CCC(CCBr)NC(=O)c1ccc(C(C)(C)C)cc1. The van der Waals surface area contributed by atoms with Crippen molar-refractivity contribution in [1.29, 1.82) is 0 Å². The van der Waals surface area contributed by atoms with E-state index in [4.69, 9.17) is 0 Å². The molecule has 1 unspecified atom stereocenters.